The predicted octanol–water partition coefficient (Wildman–Crippen LogP) is 4.38. The summed E-state index contributed by atoms with van der Waals surface area (Å²) in [5.74, 6) is -13.1. The summed E-state index contributed by atoms with van der Waals surface area (Å²) in [7, 11) is 3.71. The molecule has 490 valence electrons. The van der Waals surface area contributed by atoms with Gasteiger partial charge in [-0.1, -0.05) is 32.1 Å². The van der Waals surface area contributed by atoms with E-state index in [1.54, 1.807) is 5.32 Å². The topological polar surface area (TPSA) is 285 Å². The second-order valence-corrected chi connectivity index (χ2v) is 24.6. The molecule has 3 aliphatic rings. The first-order chi connectivity index (χ1) is 40.0. The number of nitrogens with zero attached hydrogens (tertiary/aromatic N) is 2. The molecule has 1 saturated heterocycles. The first-order valence-corrected chi connectivity index (χ1v) is 28.7. The SMILES string of the molecule is CN(C)CC1(NC(=O)CCNC(=O)C(C)(C)NC(=O)C(C)(C)NC(=O)[C@H](CC(F)(F)F)NC(=O)[C@H](CC(F)(F)F)NC(=O)C(C)(C)NC(=O)[C@H](CC(F)(F)F)NC(=O)[C@H](CCC2CCCCC2)NC(=O)[C@@H]2CCCN2C(=O)c2ccc(F)cc2)CCC1. The number of nitrogens with one attached hydrogen (secondary N) is 9. The molecule has 0 bridgehead atoms. The third-order valence-electron chi connectivity index (χ3n) is 15.3. The minimum atomic E-state index is -5.40. The van der Waals surface area contributed by atoms with Crippen molar-refractivity contribution in [3.05, 3.63) is 35.6 Å². The van der Waals surface area contributed by atoms with E-state index in [-0.39, 0.29) is 56.2 Å². The average Bonchev–Trinajstić information content (AvgIpc) is 2.28. The number of likely N-dealkylation sites (N-methyl/N-ethyl adjacent to an activating group) is 1. The lowest BCUT2D eigenvalue weighted by molar-refractivity contribution is -0.158. The molecule has 0 unspecified atom stereocenters. The Hall–Kier alpha value is -6.82. The van der Waals surface area contributed by atoms with E-state index < -0.39 is 149 Å². The lowest BCUT2D eigenvalue weighted by Crippen LogP contribution is -2.65. The van der Waals surface area contributed by atoms with Gasteiger partial charge in [0, 0.05) is 31.6 Å². The minimum Gasteiger partial charge on any atom is -0.354 e. The highest BCUT2D eigenvalue weighted by atomic mass is 19.4. The van der Waals surface area contributed by atoms with Crippen molar-refractivity contribution >= 4 is 59.1 Å². The fourth-order valence-corrected chi connectivity index (χ4v) is 10.5. The van der Waals surface area contributed by atoms with Crippen LogP contribution in [-0.2, 0) is 43.2 Å². The first-order valence-electron chi connectivity index (χ1n) is 28.7. The van der Waals surface area contributed by atoms with Crippen molar-refractivity contribution in [2.24, 2.45) is 5.92 Å². The fraction of sp³-hybridized carbons (Fsp3) is 0.714. The number of carbonyl (C=O) groups excluding carboxylic acids is 10. The zero-order valence-electron chi connectivity index (χ0n) is 50.0. The molecule has 2 saturated carbocycles. The van der Waals surface area contributed by atoms with E-state index in [0.29, 0.717) is 13.0 Å². The van der Waals surface area contributed by atoms with Crippen LogP contribution in [0.5, 0.6) is 0 Å². The highest BCUT2D eigenvalue weighted by Gasteiger charge is 2.47. The zero-order valence-corrected chi connectivity index (χ0v) is 50.0. The van der Waals surface area contributed by atoms with E-state index in [4.69, 9.17) is 0 Å². The van der Waals surface area contributed by atoms with Gasteiger partial charge in [0.05, 0.1) is 24.8 Å². The summed E-state index contributed by atoms with van der Waals surface area (Å²) < 4.78 is 140. The molecule has 0 aromatic heterocycles. The molecule has 10 amide bonds. The summed E-state index contributed by atoms with van der Waals surface area (Å²) in [4.78, 5) is 138. The van der Waals surface area contributed by atoms with Crippen molar-refractivity contribution in [1.29, 1.82) is 0 Å². The maximum atomic E-state index is 14.2. The Bertz CT molecular complexity index is 2620. The van der Waals surface area contributed by atoms with Gasteiger partial charge in [-0.05, 0) is 131 Å². The summed E-state index contributed by atoms with van der Waals surface area (Å²) in [5, 5.41) is 19.2. The molecule has 21 nitrogen and oxygen atoms in total. The van der Waals surface area contributed by atoms with Crippen molar-refractivity contribution in [3.8, 4) is 0 Å². The zero-order chi connectivity index (χ0) is 65.7. The van der Waals surface area contributed by atoms with E-state index in [1.807, 2.05) is 34.9 Å². The Morgan fingerprint density at radius 3 is 1.54 bits per heavy atom. The number of halogens is 10. The molecule has 1 heterocycles. The highest BCUT2D eigenvalue weighted by molar-refractivity contribution is 6.01. The smallest absolute Gasteiger partial charge is 0.354 e. The maximum absolute atomic E-state index is 14.2. The molecule has 1 aromatic carbocycles. The van der Waals surface area contributed by atoms with Crippen LogP contribution in [0.1, 0.15) is 155 Å². The molecule has 1 aromatic rings. The van der Waals surface area contributed by atoms with Crippen LogP contribution in [-0.4, -0.2) is 173 Å². The third kappa shape index (κ3) is 23.3. The maximum Gasteiger partial charge on any atom is 0.391 e. The van der Waals surface area contributed by atoms with Gasteiger partial charge in [-0.25, -0.2) is 4.39 Å². The van der Waals surface area contributed by atoms with Crippen molar-refractivity contribution in [1.82, 2.24) is 57.7 Å². The van der Waals surface area contributed by atoms with Crippen molar-refractivity contribution in [2.45, 2.75) is 215 Å². The number of carbonyl (C=O) groups is 10. The number of hydrogen-bond acceptors (Lipinski definition) is 11. The van der Waals surface area contributed by atoms with E-state index in [2.05, 4.69) is 21.3 Å². The molecule has 9 N–H and O–H groups in total. The van der Waals surface area contributed by atoms with Crippen molar-refractivity contribution in [3.63, 3.8) is 0 Å². The van der Waals surface area contributed by atoms with Crippen LogP contribution in [0.25, 0.3) is 0 Å². The molecular weight excluding hydrogens is 1180 g/mol. The van der Waals surface area contributed by atoms with E-state index in [9.17, 15) is 91.8 Å². The highest BCUT2D eigenvalue weighted by Crippen LogP contribution is 2.33. The largest absolute Gasteiger partial charge is 0.391 e. The summed E-state index contributed by atoms with van der Waals surface area (Å²) in [5.41, 5.74) is -7.00. The van der Waals surface area contributed by atoms with Crippen LogP contribution < -0.4 is 47.9 Å². The van der Waals surface area contributed by atoms with Gasteiger partial charge in [0.25, 0.3) is 5.91 Å². The summed E-state index contributed by atoms with van der Waals surface area (Å²) in [6.45, 7) is 6.42. The van der Waals surface area contributed by atoms with Gasteiger partial charge in [0.15, 0.2) is 0 Å². The second kappa shape index (κ2) is 29.9. The van der Waals surface area contributed by atoms with Crippen LogP contribution in [0, 0.1) is 11.7 Å². The van der Waals surface area contributed by atoms with E-state index in [0.717, 1.165) is 91.2 Å². The molecule has 2 aliphatic carbocycles. The van der Waals surface area contributed by atoms with Gasteiger partial charge in [0.2, 0.25) is 53.2 Å². The van der Waals surface area contributed by atoms with Gasteiger partial charge in [-0.2, -0.15) is 39.5 Å². The minimum absolute atomic E-state index is 0.0398. The molecule has 0 spiro atoms. The number of likely N-dealkylation sites (tertiary alicyclic amines) is 1. The quantitative estimate of drug-likeness (QED) is 0.0531. The normalized spacial score (nSPS) is 18.1. The summed E-state index contributed by atoms with van der Waals surface area (Å²) in [6.07, 6.45) is -15.7. The number of amides is 10. The Balaban J connectivity index is 1.47. The van der Waals surface area contributed by atoms with Crippen LogP contribution in [0.3, 0.4) is 0 Å². The second-order valence-electron chi connectivity index (χ2n) is 24.6. The Kier molecular flexibility index (Phi) is 25.0. The Labute approximate surface area is 497 Å². The molecule has 1 aliphatic heterocycles. The third-order valence-corrected chi connectivity index (χ3v) is 15.3. The Morgan fingerprint density at radius 1 is 0.575 bits per heavy atom. The molecule has 3 fully saturated rings. The fourth-order valence-electron chi connectivity index (χ4n) is 10.5. The molecule has 31 heteroatoms. The lowest BCUT2D eigenvalue weighted by atomic mass is 9.76. The summed E-state index contributed by atoms with van der Waals surface area (Å²) in [6, 6.07) is -6.64. The van der Waals surface area contributed by atoms with Gasteiger partial charge in [-0.15, -0.1) is 0 Å². The van der Waals surface area contributed by atoms with Crippen LogP contribution in [0.15, 0.2) is 24.3 Å². The molecule has 0 radical (unpaired) electrons. The Morgan fingerprint density at radius 2 is 1.06 bits per heavy atom. The van der Waals surface area contributed by atoms with Gasteiger partial charge in [-0.3, -0.25) is 47.9 Å². The average molecular weight is 1260 g/mol. The predicted molar refractivity (Wildman–Crippen MR) is 294 cm³/mol. The van der Waals surface area contributed by atoms with Crippen molar-refractivity contribution < 1.29 is 91.8 Å². The van der Waals surface area contributed by atoms with Gasteiger partial charge < -0.3 is 57.7 Å². The number of rotatable bonds is 28. The molecule has 87 heavy (non-hydrogen) atoms. The van der Waals surface area contributed by atoms with Gasteiger partial charge in [0.1, 0.15) is 52.6 Å². The van der Waals surface area contributed by atoms with Crippen LogP contribution in [0.2, 0.25) is 0 Å². The number of benzene rings is 1. The van der Waals surface area contributed by atoms with Gasteiger partial charge >= 0.3 is 18.5 Å². The monoisotopic (exact) mass is 1260 g/mol. The first kappa shape index (κ1) is 72.7. The molecular formula is C56H81F10N11O10. The van der Waals surface area contributed by atoms with E-state index >= 15 is 0 Å². The van der Waals surface area contributed by atoms with Crippen molar-refractivity contribution in [2.75, 3.05) is 33.7 Å². The number of hydrogen-bond donors (Lipinski definition) is 9. The van der Waals surface area contributed by atoms with Crippen LogP contribution in [0.4, 0.5) is 43.9 Å². The number of alkyl halides is 9. The van der Waals surface area contributed by atoms with E-state index in [1.165, 1.54) is 36.2 Å². The standard InChI is InChI=1S/C56H81F10N11O10/c1-50(2,47(85)67-26-23-40(78)72-53(24-13-25-53)31-76(7)8)75-49(87)52(5,6)74-44(82)38(30-56(64,65)66)70-42(80)36(28-54(58,59)60)71-48(86)51(3,4)73-43(81)37(29-55(61,62)63)69-41(79)35(22-17-32-14-10-9-11-15-32)68-45(83)39-16-12-27-77(39)46(84)33-18-20-34(57)21-19-33/h18-21,32,35-39H,9-17,22-31H2,1-8H3,(H,67,85)(H,68,83)(H,69,79)(H,70,80)(H,71,86)(H,72,78)(H,73,81)(H,74,82)(H,75,87)/t35-,36-,37-,38-,39-/m0/s1. The summed E-state index contributed by atoms with van der Waals surface area (Å²) >= 11 is 0. The molecule has 5 atom stereocenters. The molecule has 4 rings (SSSR count). The van der Waals surface area contributed by atoms with Crippen LogP contribution >= 0.6 is 0 Å². The lowest BCUT2D eigenvalue weighted by Gasteiger charge is -2.44.